The van der Waals surface area contributed by atoms with E-state index in [4.69, 9.17) is 16.3 Å². The second-order valence-corrected chi connectivity index (χ2v) is 6.08. The molecule has 0 bridgehead atoms. The summed E-state index contributed by atoms with van der Waals surface area (Å²) in [5.74, 6) is 0.481. The van der Waals surface area contributed by atoms with Gasteiger partial charge in [0.05, 0.1) is 24.4 Å². The highest BCUT2D eigenvalue weighted by atomic mass is 35.5. The molecule has 22 heavy (non-hydrogen) atoms. The molecular weight excluding hydrogens is 304 g/mol. The van der Waals surface area contributed by atoms with Crippen LogP contribution in [0.4, 0.5) is 5.95 Å². The number of anilines is 1. The standard InChI is InChI=1S/C15H21ClN4O2/c16-12-11-17-15(20-7-9-22-10-8-20)18-13(12)14(21)19-5-3-1-2-4-6-19/h11H,1-10H2. The maximum Gasteiger partial charge on any atom is 0.274 e. The lowest BCUT2D eigenvalue weighted by molar-refractivity contribution is 0.0755. The van der Waals surface area contributed by atoms with E-state index in [9.17, 15) is 4.79 Å². The van der Waals surface area contributed by atoms with Crippen LogP contribution in [0.25, 0.3) is 0 Å². The van der Waals surface area contributed by atoms with E-state index in [1.807, 2.05) is 9.80 Å². The van der Waals surface area contributed by atoms with Crippen molar-refractivity contribution in [2.75, 3.05) is 44.3 Å². The van der Waals surface area contributed by atoms with Crippen molar-refractivity contribution in [1.82, 2.24) is 14.9 Å². The topological polar surface area (TPSA) is 58.6 Å². The second-order valence-electron chi connectivity index (χ2n) is 5.67. The quantitative estimate of drug-likeness (QED) is 0.832. The molecule has 2 saturated heterocycles. The Balaban J connectivity index is 1.80. The molecule has 0 aromatic carbocycles. The minimum absolute atomic E-state index is 0.0798. The van der Waals surface area contributed by atoms with Gasteiger partial charge < -0.3 is 14.5 Å². The van der Waals surface area contributed by atoms with Gasteiger partial charge in [-0.15, -0.1) is 0 Å². The van der Waals surface area contributed by atoms with Gasteiger partial charge in [-0.05, 0) is 12.8 Å². The van der Waals surface area contributed by atoms with Crippen LogP contribution in [-0.4, -0.2) is 60.2 Å². The van der Waals surface area contributed by atoms with Crippen molar-refractivity contribution in [3.63, 3.8) is 0 Å². The molecule has 1 aromatic heterocycles. The third-order valence-corrected chi connectivity index (χ3v) is 4.40. The van der Waals surface area contributed by atoms with E-state index in [1.165, 1.54) is 19.0 Å². The maximum absolute atomic E-state index is 12.7. The highest BCUT2D eigenvalue weighted by Crippen LogP contribution is 2.20. The van der Waals surface area contributed by atoms with Gasteiger partial charge in [0.2, 0.25) is 5.95 Å². The predicted octanol–water partition coefficient (Wildman–Crippen LogP) is 1.98. The van der Waals surface area contributed by atoms with E-state index in [2.05, 4.69) is 9.97 Å². The van der Waals surface area contributed by atoms with Gasteiger partial charge in [-0.3, -0.25) is 4.79 Å². The zero-order chi connectivity index (χ0) is 15.4. The van der Waals surface area contributed by atoms with Gasteiger partial charge >= 0.3 is 0 Å². The first kappa shape index (κ1) is 15.5. The largest absolute Gasteiger partial charge is 0.378 e. The summed E-state index contributed by atoms with van der Waals surface area (Å²) >= 11 is 6.17. The molecule has 0 atom stereocenters. The number of morpholine rings is 1. The third-order valence-electron chi connectivity index (χ3n) is 4.12. The fraction of sp³-hybridized carbons (Fsp3) is 0.667. The highest BCUT2D eigenvalue weighted by Gasteiger charge is 2.23. The van der Waals surface area contributed by atoms with Crippen molar-refractivity contribution < 1.29 is 9.53 Å². The molecular formula is C15H21ClN4O2. The van der Waals surface area contributed by atoms with Crippen LogP contribution in [0.1, 0.15) is 36.2 Å². The van der Waals surface area contributed by atoms with Crippen LogP contribution in [0.3, 0.4) is 0 Å². The van der Waals surface area contributed by atoms with Gasteiger partial charge in [0.25, 0.3) is 5.91 Å². The number of rotatable bonds is 2. The number of carbonyl (C=O) groups excluding carboxylic acids is 1. The van der Waals surface area contributed by atoms with Crippen molar-refractivity contribution in [2.24, 2.45) is 0 Å². The molecule has 0 saturated carbocycles. The molecule has 3 heterocycles. The Hall–Kier alpha value is -1.40. The number of amides is 1. The first-order chi connectivity index (χ1) is 10.8. The van der Waals surface area contributed by atoms with Crippen LogP contribution >= 0.6 is 11.6 Å². The van der Waals surface area contributed by atoms with Gasteiger partial charge in [-0.25, -0.2) is 9.97 Å². The van der Waals surface area contributed by atoms with Crippen LogP contribution in [-0.2, 0) is 4.74 Å². The van der Waals surface area contributed by atoms with Crippen molar-refractivity contribution in [2.45, 2.75) is 25.7 Å². The Labute approximate surface area is 135 Å². The molecule has 2 fully saturated rings. The third kappa shape index (κ3) is 3.50. The minimum Gasteiger partial charge on any atom is -0.378 e. The first-order valence-electron chi connectivity index (χ1n) is 7.90. The van der Waals surface area contributed by atoms with Crippen LogP contribution in [0.5, 0.6) is 0 Å². The Morgan fingerprint density at radius 2 is 1.77 bits per heavy atom. The Kier molecular flexibility index (Phi) is 5.10. The molecule has 0 spiro atoms. The van der Waals surface area contributed by atoms with Gasteiger partial charge in [0.1, 0.15) is 0 Å². The summed E-state index contributed by atoms with van der Waals surface area (Å²) in [5, 5.41) is 0.325. The van der Waals surface area contributed by atoms with Gasteiger partial charge in [-0.1, -0.05) is 24.4 Å². The summed E-state index contributed by atoms with van der Waals surface area (Å²) in [5.41, 5.74) is 0.319. The van der Waals surface area contributed by atoms with Crippen molar-refractivity contribution in [3.05, 3.63) is 16.9 Å². The number of carbonyl (C=O) groups is 1. The van der Waals surface area contributed by atoms with Gasteiger partial charge in [-0.2, -0.15) is 0 Å². The second kappa shape index (κ2) is 7.24. The zero-order valence-corrected chi connectivity index (χ0v) is 13.4. The number of hydrogen-bond donors (Lipinski definition) is 0. The van der Waals surface area contributed by atoms with Crippen molar-refractivity contribution in [3.8, 4) is 0 Å². The summed E-state index contributed by atoms with van der Waals surface area (Å²) in [4.78, 5) is 25.3. The molecule has 1 amide bonds. The summed E-state index contributed by atoms with van der Waals surface area (Å²) in [6, 6.07) is 0. The van der Waals surface area contributed by atoms with Crippen LogP contribution in [0.2, 0.25) is 5.02 Å². The van der Waals surface area contributed by atoms with E-state index >= 15 is 0 Å². The Bertz CT molecular complexity index is 526. The number of likely N-dealkylation sites (tertiary alicyclic amines) is 1. The van der Waals surface area contributed by atoms with E-state index in [-0.39, 0.29) is 5.91 Å². The van der Waals surface area contributed by atoms with E-state index in [1.54, 1.807) is 0 Å². The van der Waals surface area contributed by atoms with Crippen LogP contribution in [0, 0.1) is 0 Å². The Morgan fingerprint density at radius 1 is 1.09 bits per heavy atom. The van der Waals surface area contributed by atoms with E-state index in [0.29, 0.717) is 29.9 Å². The van der Waals surface area contributed by atoms with Crippen LogP contribution in [0.15, 0.2) is 6.20 Å². The highest BCUT2D eigenvalue weighted by molar-refractivity contribution is 6.33. The monoisotopic (exact) mass is 324 g/mol. The SMILES string of the molecule is O=C(c1nc(N2CCOCC2)ncc1Cl)N1CCCCCC1. The lowest BCUT2D eigenvalue weighted by atomic mass is 10.2. The predicted molar refractivity (Wildman–Crippen MR) is 84.4 cm³/mol. The van der Waals surface area contributed by atoms with Crippen molar-refractivity contribution >= 4 is 23.5 Å². The molecule has 0 aliphatic carbocycles. The maximum atomic E-state index is 12.7. The number of ether oxygens (including phenoxy) is 1. The number of aromatic nitrogens is 2. The summed E-state index contributed by atoms with van der Waals surface area (Å²) in [6.45, 7) is 4.35. The smallest absolute Gasteiger partial charge is 0.274 e. The molecule has 0 N–H and O–H groups in total. The Morgan fingerprint density at radius 3 is 2.45 bits per heavy atom. The minimum atomic E-state index is -0.0798. The van der Waals surface area contributed by atoms with Crippen molar-refractivity contribution in [1.29, 1.82) is 0 Å². The fourth-order valence-corrected chi connectivity index (χ4v) is 3.02. The first-order valence-corrected chi connectivity index (χ1v) is 8.28. The number of nitrogens with zero attached hydrogens (tertiary/aromatic N) is 4. The lowest BCUT2D eigenvalue weighted by Crippen LogP contribution is -2.38. The molecule has 7 heteroatoms. The average Bonchev–Trinajstić information content (AvgIpc) is 2.85. The number of hydrogen-bond acceptors (Lipinski definition) is 5. The molecule has 0 unspecified atom stereocenters. The molecule has 2 aliphatic heterocycles. The molecule has 3 rings (SSSR count). The average molecular weight is 325 g/mol. The molecule has 6 nitrogen and oxygen atoms in total. The normalized spacial score (nSPS) is 19.9. The van der Waals surface area contributed by atoms with Crippen LogP contribution < -0.4 is 4.90 Å². The zero-order valence-electron chi connectivity index (χ0n) is 12.6. The summed E-state index contributed by atoms with van der Waals surface area (Å²) < 4.78 is 5.33. The molecule has 1 aromatic rings. The van der Waals surface area contributed by atoms with E-state index in [0.717, 1.165) is 39.0 Å². The molecule has 0 radical (unpaired) electrons. The van der Waals surface area contributed by atoms with Gasteiger partial charge in [0, 0.05) is 26.2 Å². The van der Waals surface area contributed by atoms with E-state index < -0.39 is 0 Å². The van der Waals surface area contributed by atoms with Gasteiger partial charge in [0.15, 0.2) is 5.69 Å². The molecule has 2 aliphatic rings. The fourth-order valence-electron chi connectivity index (χ4n) is 2.85. The lowest BCUT2D eigenvalue weighted by Gasteiger charge is -2.27. The molecule has 120 valence electrons. The summed E-state index contributed by atoms with van der Waals surface area (Å²) in [7, 11) is 0. The number of halogens is 1. The summed E-state index contributed by atoms with van der Waals surface area (Å²) in [6.07, 6.45) is 5.99.